The van der Waals surface area contributed by atoms with Crippen molar-refractivity contribution >= 4 is 11.6 Å². The van der Waals surface area contributed by atoms with Gasteiger partial charge in [-0.15, -0.1) is 0 Å². The maximum Gasteiger partial charge on any atom is 0.0538 e. The summed E-state index contributed by atoms with van der Waals surface area (Å²) in [4.78, 5) is 2.25. The molecule has 5 heteroatoms. The number of benzene rings is 1. The molecule has 1 aromatic carbocycles. The van der Waals surface area contributed by atoms with Crippen molar-refractivity contribution < 1.29 is 0 Å². The number of rotatable bonds is 6. The van der Waals surface area contributed by atoms with E-state index in [-0.39, 0.29) is 12.1 Å². The molecule has 0 spiro atoms. The van der Waals surface area contributed by atoms with E-state index in [2.05, 4.69) is 43.2 Å². The highest BCUT2D eigenvalue weighted by Gasteiger charge is 2.23. The van der Waals surface area contributed by atoms with Gasteiger partial charge in [0.2, 0.25) is 0 Å². The van der Waals surface area contributed by atoms with E-state index >= 15 is 0 Å². The van der Waals surface area contributed by atoms with Crippen molar-refractivity contribution in [2.24, 2.45) is 5.73 Å². The van der Waals surface area contributed by atoms with Crippen LogP contribution in [0.25, 0.3) is 0 Å². The summed E-state index contributed by atoms with van der Waals surface area (Å²) in [5, 5.41) is 5.13. The van der Waals surface area contributed by atoms with Crippen LogP contribution in [0.1, 0.15) is 37.1 Å². The number of likely N-dealkylation sites (N-methyl/N-ethyl adjacent to an activating group) is 1. The van der Waals surface area contributed by atoms with Crippen LogP contribution in [0.2, 0.25) is 5.02 Å². The van der Waals surface area contributed by atoms with Crippen LogP contribution in [0.3, 0.4) is 0 Å². The Kier molecular flexibility index (Phi) is 5.39. The number of nitrogens with two attached hydrogens (primary N) is 1. The molecule has 2 N–H and O–H groups in total. The average Bonchev–Trinajstić information content (AvgIpc) is 2.96. The second kappa shape index (κ2) is 7.07. The zero-order valence-corrected chi connectivity index (χ0v) is 13.6. The maximum atomic E-state index is 6.31. The van der Waals surface area contributed by atoms with Gasteiger partial charge in [0.05, 0.1) is 12.2 Å². The molecule has 1 aromatic heterocycles. The molecule has 0 radical (unpaired) electrons. The summed E-state index contributed by atoms with van der Waals surface area (Å²) in [6, 6.07) is 8.25. The Labute approximate surface area is 131 Å². The van der Waals surface area contributed by atoms with Crippen molar-refractivity contribution in [3.05, 3.63) is 52.8 Å². The zero-order chi connectivity index (χ0) is 15.4. The van der Waals surface area contributed by atoms with Gasteiger partial charge in [0.25, 0.3) is 0 Å². The van der Waals surface area contributed by atoms with Crippen molar-refractivity contribution in [1.82, 2.24) is 14.7 Å². The molecule has 0 aliphatic heterocycles. The van der Waals surface area contributed by atoms with Gasteiger partial charge < -0.3 is 5.73 Å². The fourth-order valence-corrected chi connectivity index (χ4v) is 2.86. The molecule has 2 rings (SSSR count). The first-order valence-electron chi connectivity index (χ1n) is 7.27. The van der Waals surface area contributed by atoms with Gasteiger partial charge in [0.1, 0.15) is 0 Å². The monoisotopic (exact) mass is 306 g/mol. The lowest BCUT2D eigenvalue weighted by molar-refractivity contribution is 0.190. The summed E-state index contributed by atoms with van der Waals surface area (Å²) >= 11 is 6.31. The molecule has 0 amide bonds. The van der Waals surface area contributed by atoms with Gasteiger partial charge >= 0.3 is 0 Å². The van der Waals surface area contributed by atoms with E-state index in [1.54, 1.807) is 0 Å². The zero-order valence-electron chi connectivity index (χ0n) is 12.8. The van der Waals surface area contributed by atoms with Crippen LogP contribution in [-0.4, -0.2) is 28.3 Å². The minimum atomic E-state index is 0.122. The Morgan fingerprint density at radius 1 is 1.38 bits per heavy atom. The molecule has 0 aliphatic carbocycles. The van der Waals surface area contributed by atoms with E-state index in [0.29, 0.717) is 6.54 Å². The second-order valence-corrected chi connectivity index (χ2v) is 5.65. The second-order valence-electron chi connectivity index (χ2n) is 5.24. The van der Waals surface area contributed by atoms with Crippen LogP contribution in [0.5, 0.6) is 0 Å². The highest BCUT2D eigenvalue weighted by atomic mass is 35.5. The van der Waals surface area contributed by atoms with Crippen LogP contribution >= 0.6 is 11.6 Å². The highest BCUT2D eigenvalue weighted by molar-refractivity contribution is 6.31. The van der Waals surface area contributed by atoms with Gasteiger partial charge in [0.15, 0.2) is 0 Å². The Balaban J connectivity index is 2.23. The fraction of sp³-hybridized carbons (Fsp3) is 0.438. The Hall–Kier alpha value is -1.36. The van der Waals surface area contributed by atoms with Crippen LogP contribution in [0.15, 0.2) is 36.7 Å². The molecule has 2 atom stereocenters. The number of nitrogens with zero attached hydrogens (tertiary/aromatic N) is 3. The molecule has 1 heterocycles. The van der Waals surface area contributed by atoms with Crippen LogP contribution in [0, 0.1) is 0 Å². The first-order valence-corrected chi connectivity index (χ1v) is 7.65. The Morgan fingerprint density at radius 3 is 2.67 bits per heavy atom. The first-order chi connectivity index (χ1) is 10.1. The van der Waals surface area contributed by atoms with Crippen molar-refractivity contribution in [2.45, 2.75) is 32.5 Å². The third-order valence-electron chi connectivity index (χ3n) is 4.04. The van der Waals surface area contributed by atoms with E-state index in [1.807, 2.05) is 29.1 Å². The summed E-state index contributed by atoms with van der Waals surface area (Å²) in [6.07, 6.45) is 3.96. The fourth-order valence-electron chi connectivity index (χ4n) is 2.57. The number of aryl methyl sites for hydroxylation is 1. The lowest BCUT2D eigenvalue weighted by Crippen LogP contribution is -2.32. The maximum absolute atomic E-state index is 6.31. The predicted octanol–water partition coefficient (Wildman–Crippen LogP) is 3.25. The smallest absolute Gasteiger partial charge is 0.0538 e. The minimum absolute atomic E-state index is 0.122. The Morgan fingerprint density at radius 2 is 2.10 bits per heavy atom. The predicted molar refractivity (Wildman–Crippen MR) is 87.3 cm³/mol. The SMILES string of the molecule is CCn1cc(C(CN)N(C)C(C)c2ccccc2Cl)cn1. The van der Waals surface area contributed by atoms with Crippen molar-refractivity contribution in [2.75, 3.05) is 13.6 Å². The van der Waals surface area contributed by atoms with Crippen LogP contribution in [0.4, 0.5) is 0 Å². The molecular weight excluding hydrogens is 284 g/mol. The summed E-state index contributed by atoms with van der Waals surface area (Å²) in [5.74, 6) is 0. The van der Waals surface area contributed by atoms with Crippen LogP contribution < -0.4 is 5.73 Å². The lowest BCUT2D eigenvalue weighted by atomic mass is 10.0. The molecule has 114 valence electrons. The van der Waals surface area contributed by atoms with Crippen LogP contribution in [-0.2, 0) is 6.54 Å². The van der Waals surface area contributed by atoms with Gasteiger partial charge in [0, 0.05) is 35.9 Å². The third-order valence-corrected chi connectivity index (χ3v) is 4.39. The van der Waals surface area contributed by atoms with Gasteiger partial charge in [-0.3, -0.25) is 9.58 Å². The number of hydrogen-bond donors (Lipinski definition) is 1. The molecule has 21 heavy (non-hydrogen) atoms. The number of halogens is 1. The molecule has 0 bridgehead atoms. The van der Waals surface area contributed by atoms with Crippen molar-refractivity contribution in [3.63, 3.8) is 0 Å². The number of hydrogen-bond acceptors (Lipinski definition) is 3. The van der Waals surface area contributed by atoms with Gasteiger partial charge in [-0.2, -0.15) is 5.10 Å². The molecule has 4 nitrogen and oxygen atoms in total. The largest absolute Gasteiger partial charge is 0.329 e. The molecule has 2 aromatic rings. The van der Waals surface area contributed by atoms with Gasteiger partial charge in [-0.25, -0.2) is 0 Å². The molecule has 0 saturated carbocycles. The van der Waals surface area contributed by atoms with E-state index < -0.39 is 0 Å². The summed E-state index contributed by atoms with van der Waals surface area (Å²) < 4.78 is 1.92. The normalized spacial score (nSPS) is 14.4. The molecule has 0 aliphatic rings. The number of aromatic nitrogens is 2. The standard InChI is InChI=1S/C16H23ClN4/c1-4-21-11-13(10-19-21)16(9-18)20(3)12(2)14-7-5-6-8-15(14)17/h5-8,10-12,16H,4,9,18H2,1-3H3. The van der Waals surface area contributed by atoms with Gasteiger partial charge in [-0.1, -0.05) is 29.8 Å². The quantitative estimate of drug-likeness (QED) is 0.891. The van der Waals surface area contributed by atoms with E-state index in [9.17, 15) is 0 Å². The van der Waals surface area contributed by atoms with E-state index in [4.69, 9.17) is 17.3 Å². The first kappa shape index (κ1) is 16.0. The molecule has 0 saturated heterocycles. The lowest BCUT2D eigenvalue weighted by Gasteiger charge is -2.32. The molecule has 2 unspecified atom stereocenters. The summed E-state index contributed by atoms with van der Waals surface area (Å²) in [7, 11) is 2.08. The third kappa shape index (κ3) is 3.46. The van der Waals surface area contributed by atoms with Crippen molar-refractivity contribution in [1.29, 1.82) is 0 Å². The van der Waals surface area contributed by atoms with E-state index in [0.717, 1.165) is 22.7 Å². The Bertz CT molecular complexity index is 581. The van der Waals surface area contributed by atoms with Gasteiger partial charge in [-0.05, 0) is 32.5 Å². The summed E-state index contributed by atoms with van der Waals surface area (Å²) in [6.45, 7) is 5.63. The summed E-state index contributed by atoms with van der Waals surface area (Å²) in [5.41, 5.74) is 8.25. The van der Waals surface area contributed by atoms with Crippen molar-refractivity contribution in [3.8, 4) is 0 Å². The van der Waals surface area contributed by atoms with E-state index in [1.165, 1.54) is 0 Å². The highest BCUT2D eigenvalue weighted by Crippen LogP contribution is 2.31. The molecular formula is C16H23ClN4. The average molecular weight is 307 g/mol. The molecule has 0 fully saturated rings. The topological polar surface area (TPSA) is 47.1 Å². The minimum Gasteiger partial charge on any atom is -0.329 e.